The van der Waals surface area contributed by atoms with Gasteiger partial charge in [0.1, 0.15) is 11.6 Å². The molecule has 2 rings (SSSR count). The first kappa shape index (κ1) is 16.0. The second-order valence-corrected chi connectivity index (χ2v) is 6.25. The van der Waals surface area contributed by atoms with Crippen molar-refractivity contribution in [1.29, 1.82) is 0 Å². The second kappa shape index (κ2) is 5.81. The predicted molar refractivity (Wildman–Crippen MR) is 73.1 cm³/mol. The number of nitrogens with one attached hydrogen (secondary N) is 1. The van der Waals surface area contributed by atoms with Crippen LogP contribution in [-0.2, 0) is 16.6 Å². The van der Waals surface area contributed by atoms with Gasteiger partial charge >= 0.3 is 0 Å². The third kappa shape index (κ3) is 3.12. The van der Waals surface area contributed by atoms with Crippen LogP contribution in [0.1, 0.15) is 17.0 Å². The van der Waals surface area contributed by atoms with Crippen LogP contribution in [-0.4, -0.2) is 18.3 Å². The van der Waals surface area contributed by atoms with Crippen LogP contribution in [0.3, 0.4) is 0 Å². The average molecular weight is 329 g/mol. The average Bonchev–Trinajstić information content (AvgIpc) is 2.84. The van der Waals surface area contributed by atoms with Crippen molar-refractivity contribution in [2.75, 3.05) is 0 Å². The summed E-state index contributed by atoms with van der Waals surface area (Å²) < 4.78 is 45.0. The lowest BCUT2D eigenvalue weighted by molar-refractivity contribution is -0.385. The first-order valence-electron chi connectivity index (χ1n) is 6.05. The Kier molecular flexibility index (Phi) is 4.24. The maximum Gasteiger partial charge on any atom is 0.276 e. The van der Waals surface area contributed by atoms with E-state index in [9.17, 15) is 22.9 Å². The number of aryl methyl sites for hydroxylation is 1. The van der Waals surface area contributed by atoms with Gasteiger partial charge in [-0.15, -0.1) is 0 Å². The third-order valence-corrected chi connectivity index (χ3v) is 4.45. The number of halogens is 1. The highest BCUT2D eigenvalue weighted by Crippen LogP contribution is 2.25. The Morgan fingerprint density at radius 3 is 2.64 bits per heavy atom. The molecule has 1 N–H and O–H groups in total. The van der Waals surface area contributed by atoms with Crippen molar-refractivity contribution in [2.45, 2.75) is 25.3 Å². The summed E-state index contributed by atoms with van der Waals surface area (Å²) in [6.45, 7) is 2.64. The number of nitro benzene ring substituents is 1. The molecule has 1 heterocycles. The van der Waals surface area contributed by atoms with Crippen molar-refractivity contribution < 1.29 is 22.1 Å². The number of rotatable bonds is 5. The molecule has 10 heteroatoms. The van der Waals surface area contributed by atoms with Gasteiger partial charge in [-0.25, -0.2) is 22.5 Å². The molecule has 1 aromatic carbocycles. The molecular formula is C12H12FN3O5S. The smallest absolute Gasteiger partial charge is 0.276 e. The zero-order valence-corrected chi connectivity index (χ0v) is 12.5. The monoisotopic (exact) mass is 329 g/mol. The maximum absolute atomic E-state index is 13.7. The highest BCUT2D eigenvalue weighted by atomic mass is 32.2. The molecule has 1 aromatic heterocycles. The molecule has 0 aliphatic carbocycles. The Bertz CT molecular complexity index is 831. The van der Waals surface area contributed by atoms with Crippen LogP contribution >= 0.6 is 0 Å². The van der Waals surface area contributed by atoms with Crippen molar-refractivity contribution in [2.24, 2.45) is 0 Å². The summed E-state index contributed by atoms with van der Waals surface area (Å²) in [6, 6.07) is 1.55. The van der Waals surface area contributed by atoms with Gasteiger partial charge in [0.15, 0.2) is 6.39 Å². The standard InChI is InChI=1S/C12H12FN3O5S/c1-7-10(13)3-9(4-12(7)16(17)18)22(19,20)15-5-11-8(2)21-6-14-11/h3-4,6,15H,5H2,1-2H3. The molecule has 0 atom stereocenters. The molecule has 22 heavy (non-hydrogen) atoms. The Morgan fingerprint density at radius 1 is 1.41 bits per heavy atom. The number of benzene rings is 1. The summed E-state index contributed by atoms with van der Waals surface area (Å²) in [7, 11) is -4.12. The van der Waals surface area contributed by atoms with Gasteiger partial charge in [0.2, 0.25) is 10.0 Å². The molecule has 0 saturated carbocycles. The van der Waals surface area contributed by atoms with Crippen molar-refractivity contribution in [3.8, 4) is 0 Å². The lowest BCUT2D eigenvalue weighted by Crippen LogP contribution is -2.24. The van der Waals surface area contributed by atoms with Gasteiger partial charge in [-0.1, -0.05) is 0 Å². The van der Waals surface area contributed by atoms with Crippen LogP contribution in [0, 0.1) is 29.8 Å². The molecule has 0 bridgehead atoms. The van der Waals surface area contributed by atoms with E-state index < -0.39 is 31.3 Å². The van der Waals surface area contributed by atoms with E-state index in [1.807, 2.05) is 0 Å². The zero-order valence-electron chi connectivity index (χ0n) is 11.7. The molecule has 0 aliphatic heterocycles. The minimum atomic E-state index is -4.12. The number of sulfonamides is 1. The fourth-order valence-electron chi connectivity index (χ4n) is 1.73. The predicted octanol–water partition coefficient (Wildman–Crippen LogP) is 1.82. The van der Waals surface area contributed by atoms with Crippen molar-refractivity contribution in [3.63, 3.8) is 0 Å². The largest absolute Gasteiger partial charge is 0.448 e. The van der Waals surface area contributed by atoms with Crippen molar-refractivity contribution in [3.05, 3.63) is 51.5 Å². The first-order valence-corrected chi connectivity index (χ1v) is 7.54. The molecule has 0 fully saturated rings. The van der Waals surface area contributed by atoms with Crippen LogP contribution in [0.5, 0.6) is 0 Å². The van der Waals surface area contributed by atoms with E-state index in [-0.39, 0.29) is 12.1 Å². The summed E-state index contributed by atoms with van der Waals surface area (Å²) in [6.07, 6.45) is 1.16. The van der Waals surface area contributed by atoms with Gasteiger partial charge in [0.25, 0.3) is 5.69 Å². The molecule has 2 aromatic rings. The van der Waals surface area contributed by atoms with Gasteiger partial charge in [0.05, 0.1) is 27.6 Å². The first-order chi connectivity index (χ1) is 10.2. The molecule has 0 aliphatic rings. The Hall–Kier alpha value is -2.33. The molecule has 0 spiro atoms. The fourth-order valence-corrected chi connectivity index (χ4v) is 2.75. The van der Waals surface area contributed by atoms with Gasteiger partial charge in [-0.3, -0.25) is 10.1 Å². The van der Waals surface area contributed by atoms with Crippen LogP contribution < -0.4 is 4.72 Å². The number of aromatic nitrogens is 1. The molecule has 0 amide bonds. The quantitative estimate of drug-likeness (QED) is 0.661. The molecule has 0 unspecified atom stereocenters. The number of hydrogen-bond acceptors (Lipinski definition) is 6. The number of nitrogens with zero attached hydrogens (tertiary/aromatic N) is 2. The number of nitro groups is 1. The Morgan fingerprint density at radius 2 is 2.09 bits per heavy atom. The van der Waals surface area contributed by atoms with Crippen LogP contribution in [0.2, 0.25) is 0 Å². The van der Waals surface area contributed by atoms with E-state index in [1.54, 1.807) is 6.92 Å². The van der Waals surface area contributed by atoms with Crippen LogP contribution in [0.15, 0.2) is 27.8 Å². The van der Waals surface area contributed by atoms with Crippen molar-refractivity contribution in [1.82, 2.24) is 9.71 Å². The van der Waals surface area contributed by atoms with E-state index in [4.69, 9.17) is 4.42 Å². The SMILES string of the molecule is Cc1ocnc1CNS(=O)(=O)c1cc(F)c(C)c([N+](=O)[O-])c1. The summed E-state index contributed by atoms with van der Waals surface area (Å²) in [4.78, 5) is 13.3. The van der Waals surface area contributed by atoms with E-state index in [2.05, 4.69) is 9.71 Å². The maximum atomic E-state index is 13.7. The molecule has 0 radical (unpaired) electrons. The number of hydrogen-bond donors (Lipinski definition) is 1. The molecule has 118 valence electrons. The highest BCUT2D eigenvalue weighted by Gasteiger charge is 2.23. The van der Waals surface area contributed by atoms with E-state index in [0.717, 1.165) is 18.5 Å². The lowest BCUT2D eigenvalue weighted by atomic mass is 10.2. The minimum Gasteiger partial charge on any atom is -0.448 e. The van der Waals surface area contributed by atoms with Crippen LogP contribution in [0.4, 0.5) is 10.1 Å². The van der Waals surface area contributed by atoms with Gasteiger partial charge in [0, 0.05) is 6.07 Å². The van der Waals surface area contributed by atoms with Crippen LogP contribution in [0.25, 0.3) is 0 Å². The zero-order chi connectivity index (χ0) is 16.5. The van der Waals surface area contributed by atoms with Gasteiger partial charge in [-0.05, 0) is 19.9 Å². The Labute approximate surface area is 125 Å². The molecule has 0 saturated heterocycles. The van der Waals surface area contributed by atoms with E-state index in [1.165, 1.54) is 6.92 Å². The number of oxazole rings is 1. The topological polar surface area (TPSA) is 115 Å². The van der Waals surface area contributed by atoms with Gasteiger partial charge in [-0.2, -0.15) is 0 Å². The lowest BCUT2D eigenvalue weighted by Gasteiger charge is -2.07. The summed E-state index contributed by atoms with van der Waals surface area (Å²) in [5, 5.41) is 10.8. The summed E-state index contributed by atoms with van der Waals surface area (Å²) in [5.41, 5.74) is -0.458. The van der Waals surface area contributed by atoms with E-state index >= 15 is 0 Å². The normalized spacial score (nSPS) is 11.6. The summed E-state index contributed by atoms with van der Waals surface area (Å²) in [5.74, 6) is -0.532. The fraction of sp³-hybridized carbons (Fsp3) is 0.250. The molecular weight excluding hydrogens is 317 g/mol. The van der Waals surface area contributed by atoms with E-state index in [0.29, 0.717) is 11.5 Å². The molecule has 8 nitrogen and oxygen atoms in total. The minimum absolute atomic E-state index is 0.173. The third-order valence-electron chi connectivity index (χ3n) is 3.07. The summed E-state index contributed by atoms with van der Waals surface area (Å²) >= 11 is 0. The van der Waals surface area contributed by atoms with Gasteiger partial charge < -0.3 is 4.42 Å². The second-order valence-electron chi connectivity index (χ2n) is 4.49. The highest BCUT2D eigenvalue weighted by molar-refractivity contribution is 7.89. The van der Waals surface area contributed by atoms with Crippen molar-refractivity contribution >= 4 is 15.7 Å². The Balaban J connectivity index is 2.33.